The molecule has 61 heavy (non-hydrogen) atoms. The third-order valence-corrected chi connectivity index (χ3v) is 12.4. The van der Waals surface area contributed by atoms with E-state index in [9.17, 15) is 29.3 Å². The van der Waals surface area contributed by atoms with Crippen LogP contribution in [-0.4, -0.2) is 113 Å². The van der Waals surface area contributed by atoms with Crippen molar-refractivity contribution in [1.82, 2.24) is 5.32 Å². The highest BCUT2D eigenvalue weighted by atomic mass is 32.2. The Morgan fingerprint density at radius 1 is 0.754 bits per heavy atom. The molecule has 0 fully saturated rings. The molecule has 0 spiro atoms. The molecule has 1 unspecified atom stereocenters. The highest BCUT2D eigenvalue weighted by Gasteiger charge is 2.29. The summed E-state index contributed by atoms with van der Waals surface area (Å²) in [6, 6.07) is -2.17. The number of phosphoric ester groups is 1. The third-order valence-electron chi connectivity index (χ3n) is 9.99. The van der Waals surface area contributed by atoms with E-state index in [4.69, 9.17) is 19.9 Å². The fraction of sp³-hybridized carbons (Fsp3) is 0.745. The van der Waals surface area contributed by atoms with Crippen LogP contribution >= 0.6 is 19.6 Å². The van der Waals surface area contributed by atoms with Crippen LogP contribution in [0.2, 0.25) is 0 Å². The molecular weight excluding hydrogens is 814 g/mol. The van der Waals surface area contributed by atoms with E-state index in [1.165, 1.54) is 88.8 Å². The largest absolute Gasteiger partial charge is 0.481 e. The molecule has 0 aliphatic heterocycles. The molecule has 6 atom stereocenters. The number of allylic oxidation sites excluding steroid dienone is 8. The Labute approximate surface area is 374 Å². The first kappa shape index (κ1) is 58.9. The van der Waals surface area contributed by atoms with Gasteiger partial charge in [-0.2, -0.15) is 0 Å². The number of hydrogen-bond donors (Lipinski definition) is 6. The molecule has 7 N–H and O–H groups in total. The molecule has 12 nitrogen and oxygen atoms in total. The highest BCUT2D eigenvalue weighted by molar-refractivity contribution is 8.00. The van der Waals surface area contributed by atoms with Gasteiger partial charge >= 0.3 is 13.8 Å². The number of amides is 1. The first-order valence-electron chi connectivity index (χ1n) is 23.1. The summed E-state index contributed by atoms with van der Waals surface area (Å²) < 4.78 is 23.6. The van der Waals surface area contributed by atoms with E-state index < -0.39 is 55.8 Å². The van der Waals surface area contributed by atoms with Crippen LogP contribution in [0.3, 0.4) is 0 Å². The topological polar surface area (TPSA) is 189 Å². The predicted octanol–water partition coefficient (Wildman–Crippen LogP) is 9.56. The third kappa shape index (κ3) is 38.1. The second-order valence-electron chi connectivity index (χ2n) is 17.0. The molecule has 0 bridgehead atoms. The number of phosphoric acid groups is 1. The minimum absolute atomic E-state index is 0.0288. The number of thioether (sulfide) groups is 1. The van der Waals surface area contributed by atoms with E-state index >= 15 is 0 Å². The van der Waals surface area contributed by atoms with Gasteiger partial charge in [-0.1, -0.05) is 158 Å². The van der Waals surface area contributed by atoms with Gasteiger partial charge < -0.3 is 35.7 Å². The molecule has 14 heteroatoms. The number of nitrogens with two attached hydrogens (primary N) is 1. The number of carbonyl (C=O) groups excluding carboxylic acids is 1. The van der Waals surface area contributed by atoms with Gasteiger partial charge in [0.05, 0.1) is 52.0 Å². The number of likely N-dealkylation sites (N-methyl/N-ethyl adjacent to an activating group) is 1. The molecule has 0 radical (unpaired) electrons. The van der Waals surface area contributed by atoms with Crippen molar-refractivity contribution in [3.63, 3.8) is 0 Å². The number of hydrogen-bond acceptors (Lipinski definition) is 9. The molecule has 354 valence electrons. The van der Waals surface area contributed by atoms with Gasteiger partial charge in [0.2, 0.25) is 5.91 Å². The average Bonchev–Trinajstić information content (AvgIpc) is 3.19. The Morgan fingerprint density at radius 2 is 1.33 bits per heavy atom. The number of aliphatic hydroxyl groups excluding tert-OH is 2. The number of aliphatic carboxylic acids is 1. The smallest absolute Gasteiger partial charge is 0.472 e. The summed E-state index contributed by atoms with van der Waals surface area (Å²) in [5.74, 6) is -1.46. The van der Waals surface area contributed by atoms with Crippen LogP contribution in [0.15, 0.2) is 60.8 Å². The van der Waals surface area contributed by atoms with Crippen molar-refractivity contribution in [3.05, 3.63) is 60.8 Å². The first-order valence-corrected chi connectivity index (χ1v) is 25.7. The Balaban J connectivity index is 5.43. The highest BCUT2D eigenvalue weighted by Crippen LogP contribution is 2.43. The summed E-state index contributed by atoms with van der Waals surface area (Å²) in [6.45, 7) is 4.36. The van der Waals surface area contributed by atoms with Crippen molar-refractivity contribution in [3.8, 4) is 0 Å². The molecule has 0 heterocycles. The number of rotatable bonds is 41. The molecule has 0 aromatic heterocycles. The minimum atomic E-state index is -4.50. The number of carbonyl (C=O) groups is 2. The van der Waals surface area contributed by atoms with E-state index in [0.717, 1.165) is 38.5 Å². The van der Waals surface area contributed by atoms with Gasteiger partial charge in [-0.05, 0) is 44.9 Å². The lowest BCUT2D eigenvalue weighted by Gasteiger charge is -2.26. The summed E-state index contributed by atoms with van der Waals surface area (Å²) >= 11 is 1.26. The molecule has 0 aliphatic carbocycles. The zero-order chi connectivity index (χ0) is 45.6. The van der Waals surface area contributed by atoms with Crippen LogP contribution < -0.4 is 11.1 Å². The van der Waals surface area contributed by atoms with Gasteiger partial charge in [0.25, 0.3) is 0 Å². The Bertz CT molecular complexity index is 1300. The summed E-state index contributed by atoms with van der Waals surface area (Å²) in [5, 5.41) is 33.4. The molecular formula is C47H87N3O9PS+. The maximum Gasteiger partial charge on any atom is 0.472 e. The lowest BCUT2D eigenvalue weighted by Crippen LogP contribution is -2.52. The van der Waals surface area contributed by atoms with Crippen molar-refractivity contribution in [2.75, 3.05) is 46.7 Å². The number of aliphatic hydroxyl groups is 2. The SMILES string of the molecule is CCCCC/C=C\C\C=C/C=C/C=C/[C@@H](SC[C@H](N)C(=O)N[C@@H](COP(=O)(O)OCC[N+](C)(C)C)[C@H](O)/C=C/CCCCCCCCCCCCCC)[C@@H](O)CCCC(=O)O. The number of unbranched alkanes of at least 4 members (excludes halogenated alkanes) is 15. The normalized spacial score (nSPS) is 16.2. The Morgan fingerprint density at radius 3 is 1.95 bits per heavy atom. The molecule has 0 saturated carbocycles. The molecule has 0 saturated heterocycles. The fourth-order valence-electron chi connectivity index (χ4n) is 6.11. The van der Waals surface area contributed by atoms with Crippen molar-refractivity contribution in [2.24, 2.45) is 5.73 Å². The van der Waals surface area contributed by atoms with Gasteiger partial charge in [-0.3, -0.25) is 18.6 Å². The fourth-order valence-corrected chi connectivity index (χ4v) is 7.98. The van der Waals surface area contributed by atoms with Crippen LogP contribution in [0, 0.1) is 0 Å². The number of carboxylic acid groups (broad SMARTS) is 1. The molecule has 1 amide bonds. The summed E-state index contributed by atoms with van der Waals surface area (Å²) in [4.78, 5) is 34.8. The monoisotopic (exact) mass is 901 g/mol. The molecule has 0 aromatic carbocycles. The Kier molecular flexibility index (Phi) is 37.1. The van der Waals surface area contributed by atoms with E-state index in [0.29, 0.717) is 17.4 Å². The maximum atomic E-state index is 13.4. The van der Waals surface area contributed by atoms with Gasteiger partial charge in [-0.25, -0.2) is 4.57 Å². The maximum absolute atomic E-state index is 13.4. The Hall–Kier alpha value is -2.06. The van der Waals surface area contributed by atoms with E-state index in [1.807, 2.05) is 45.4 Å². The van der Waals surface area contributed by atoms with Gasteiger partial charge in [0, 0.05) is 17.4 Å². The summed E-state index contributed by atoms with van der Waals surface area (Å²) in [5.41, 5.74) is 6.33. The average molecular weight is 901 g/mol. The lowest BCUT2D eigenvalue weighted by atomic mass is 10.0. The van der Waals surface area contributed by atoms with Gasteiger partial charge in [0.1, 0.15) is 13.2 Å². The van der Waals surface area contributed by atoms with Crippen molar-refractivity contribution in [2.45, 2.75) is 178 Å². The van der Waals surface area contributed by atoms with E-state index in [2.05, 4.69) is 37.4 Å². The number of nitrogens with zero attached hydrogens (tertiary/aromatic N) is 1. The van der Waals surface area contributed by atoms with Crippen LogP contribution in [-0.2, 0) is 23.2 Å². The van der Waals surface area contributed by atoms with Crippen molar-refractivity contribution >= 4 is 31.5 Å². The molecule has 0 rings (SSSR count). The van der Waals surface area contributed by atoms with Crippen LogP contribution in [0.5, 0.6) is 0 Å². The quantitative estimate of drug-likeness (QED) is 0.0113. The lowest BCUT2D eigenvalue weighted by molar-refractivity contribution is -0.870. The van der Waals surface area contributed by atoms with Crippen molar-refractivity contribution in [1.29, 1.82) is 0 Å². The summed E-state index contributed by atoms with van der Waals surface area (Å²) in [7, 11) is 1.26. The minimum Gasteiger partial charge on any atom is -0.481 e. The second-order valence-corrected chi connectivity index (χ2v) is 19.6. The van der Waals surface area contributed by atoms with E-state index in [1.54, 1.807) is 18.2 Å². The van der Waals surface area contributed by atoms with E-state index in [-0.39, 0.29) is 25.2 Å². The standard InChI is InChI=1S/C47H86N3O9PS/c1-6-8-10-12-14-16-18-20-21-22-24-26-28-30-33-43(51)42(39-59-60(56,57)58-38-37-50(3,4)5)49-47(55)41(48)40-61-45(44(52)34-32-36-46(53)54)35-31-29-27-25-23-19-17-15-13-11-9-7-2/h15,17,23,25,27,29-31,33,35,41-45,51-52H,6-14,16,18-22,24,26,28,32,34,36-40,48H2,1-5H3,(H2-,49,53,54,55,56,57)/p+1/b17-15-,25-23-,29-27+,33-30+,35-31+/t41-,42-,43+,44-,45+/m0/s1. The first-order chi connectivity index (χ1) is 29.1. The number of carboxylic acids is 1. The summed E-state index contributed by atoms with van der Waals surface area (Å²) in [6.07, 6.45) is 38.7. The van der Waals surface area contributed by atoms with Crippen LogP contribution in [0.1, 0.15) is 149 Å². The van der Waals surface area contributed by atoms with Crippen LogP contribution in [0.4, 0.5) is 0 Å². The van der Waals surface area contributed by atoms with Crippen LogP contribution in [0.25, 0.3) is 0 Å². The van der Waals surface area contributed by atoms with Crippen molar-refractivity contribution < 1.29 is 47.9 Å². The zero-order valence-electron chi connectivity index (χ0n) is 38.5. The van der Waals surface area contributed by atoms with Gasteiger partial charge in [-0.15, -0.1) is 11.8 Å². The van der Waals surface area contributed by atoms with Gasteiger partial charge in [0.15, 0.2) is 0 Å². The molecule has 0 aliphatic rings. The zero-order valence-corrected chi connectivity index (χ0v) is 40.3. The molecule has 0 aromatic rings. The predicted molar refractivity (Wildman–Crippen MR) is 254 cm³/mol. The number of quaternary nitrogens is 1. The second kappa shape index (κ2) is 38.4. The number of nitrogens with one attached hydrogen (secondary N) is 1.